The Morgan fingerprint density at radius 2 is 2.00 bits per heavy atom. The third-order valence-corrected chi connectivity index (χ3v) is 7.51. The lowest BCUT2D eigenvalue weighted by atomic mass is 9.99. The molecule has 2 atom stereocenters. The standard InChI is InChI=1S/C20H21Cl2N5O2S/c1-26-12-20(25-13-26)30(28,29)27-10-16(18-4-2-3-7-23-18)19(11-27)24-9-14-5-6-15(21)8-17(14)22/h2-8,12-13,16,19,24H,9-11H2,1H3/t16-,19+/m0/s1. The van der Waals surface area contributed by atoms with Crippen LogP contribution in [0.2, 0.25) is 10.0 Å². The number of aromatic nitrogens is 3. The number of rotatable bonds is 6. The third-order valence-electron chi connectivity index (χ3n) is 5.21. The largest absolute Gasteiger partial charge is 0.339 e. The molecule has 0 aliphatic carbocycles. The van der Waals surface area contributed by atoms with Gasteiger partial charge in [-0.15, -0.1) is 0 Å². The minimum atomic E-state index is -3.70. The Bertz CT molecular complexity index is 1140. The van der Waals surface area contributed by atoms with E-state index in [1.165, 1.54) is 16.8 Å². The van der Waals surface area contributed by atoms with Crippen LogP contribution in [-0.2, 0) is 23.6 Å². The molecule has 1 N–H and O–H groups in total. The molecule has 2 aromatic heterocycles. The number of benzene rings is 1. The van der Waals surface area contributed by atoms with Crippen LogP contribution in [0.5, 0.6) is 0 Å². The number of nitrogens with zero attached hydrogens (tertiary/aromatic N) is 4. The highest BCUT2D eigenvalue weighted by Crippen LogP contribution is 2.31. The molecule has 1 fully saturated rings. The molecule has 0 amide bonds. The molecule has 1 aromatic carbocycles. The quantitative estimate of drug-likeness (QED) is 0.604. The Hall–Kier alpha value is -1.97. The van der Waals surface area contributed by atoms with Crippen molar-refractivity contribution < 1.29 is 8.42 Å². The fourth-order valence-electron chi connectivity index (χ4n) is 3.63. The second-order valence-electron chi connectivity index (χ2n) is 7.28. The molecular weight excluding hydrogens is 445 g/mol. The van der Waals surface area contributed by atoms with E-state index in [4.69, 9.17) is 23.2 Å². The minimum Gasteiger partial charge on any atom is -0.339 e. The first-order valence-corrected chi connectivity index (χ1v) is 11.6. The second kappa shape index (κ2) is 8.64. The summed E-state index contributed by atoms with van der Waals surface area (Å²) >= 11 is 12.3. The van der Waals surface area contributed by atoms with Crippen molar-refractivity contribution in [2.75, 3.05) is 13.1 Å². The van der Waals surface area contributed by atoms with E-state index in [0.29, 0.717) is 29.7 Å². The summed E-state index contributed by atoms with van der Waals surface area (Å²) in [6.07, 6.45) is 4.72. The predicted molar refractivity (Wildman–Crippen MR) is 116 cm³/mol. The Labute approximate surface area is 185 Å². The van der Waals surface area contributed by atoms with Crippen LogP contribution in [0.3, 0.4) is 0 Å². The van der Waals surface area contributed by atoms with Gasteiger partial charge in [0.15, 0.2) is 5.03 Å². The van der Waals surface area contributed by atoms with Crippen LogP contribution in [0, 0.1) is 0 Å². The number of hydrogen-bond acceptors (Lipinski definition) is 5. The molecule has 0 radical (unpaired) electrons. The van der Waals surface area contributed by atoms with Gasteiger partial charge in [0.1, 0.15) is 0 Å². The summed E-state index contributed by atoms with van der Waals surface area (Å²) in [5.41, 5.74) is 1.74. The van der Waals surface area contributed by atoms with Gasteiger partial charge in [0, 0.05) is 66.8 Å². The lowest BCUT2D eigenvalue weighted by Gasteiger charge is -2.20. The summed E-state index contributed by atoms with van der Waals surface area (Å²) in [6, 6.07) is 10.9. The first-order chi connectivity index (χ1) is 14.3. The van der Waals surface area contributed by atoms with E-state index in [2.05, 4.69) is 15.3 Å². The Morgan fingerprint density at radius 3 is 2.67 bits per heavy atom. The fraction of sp³-hybridized carbons (Fsp3) is 0.300. The summed E-state index contributed by atoms with van der Waals surface area (Å²) in [6.45, 7) is 1.12. The molecule has 30 heavy (non-hydrogen) atoms. The average Bonchev–Trinajstić information content (AvgIpc) is 3.35. The van der Waals surface area contributed by atoms with Gasteiger partial charge in [0.25, 0.3) is 10.0 Å². The molecule has 0 saturated carbocycles. The monoisotopic (exact) mass is 465 g/mol. The van der Waals surface area contributed by atoms with E-state index in [1.54, 1.807) is 29.9 Å². The first kappa shape index (κ1) is 21.3. The summed E-state index contributed by atoms with van der Waals surface area (Å²) in [7, 11) is -1.96. The maximum absolute atomic E-state index is 13.1. The van der Waals surface area contributed by atoms with Gasteiger partial charge >= 0.3 is 0 Å². The summed E-state index contributed by atoms with van der Waals surface area (Å²) in [4.78, 5) is 8.50. The first-order valence-electron chi connectivity index (χ1n) is 9.41. The Kier molecular flexibility index (Phi) is 6.13. The van der Waals surface area contributed by atoms with Crippen LogP contribution in [0.4, 0.5) is 0 Å². The summed E-state index contributed by atoms with van der Waals surface area (Å²) in [5.74, 6) is -0.101. The molecule has 1 aliphatic heterocycles. The van der Waals surface area contributed by atoms with Crippen LogP contribution < -0.4 is 5.32 Å². The van der Waals surface area contributed by atoms with Crippen molar-refractivity contribution in [1.82, 2.24) is 24.2 Å². The van der Waals surface area contributed by atoms with Gasteiger partial charge in [-0.05, 0) is 29.8 Å². The lowest BCUT2D eigenvalue weighted by Crippen LogP contribution is -2.36. The highest BCUT2D eigenvalue weighted by molar-refractivity contribution is 7.89. The van der Waals surface area contributed by atoms with Crippen molar-refractivity contribution in [3.05, 3.63) is 76.4 Å². The van der Waals surface area contributed by atoms with Crippen molar-refractivity contribution >= 4 is 33.2 Å². The van der Waals surface area contributed by atoms with Crippen molar-refractivity contribution in [2.24, 2.45) is 7.05 Å². The van der Waals surface area contributed by atoms with Gasteiger partial charge in [0.2, 0.25) is 0 Å². The molecule has 0 bridgehead atoms. The SMILES string of the molecule is Cn1cnc(S(=O)(=O)N2C[C@@H](NCc3ccc(Cl)cc3Cl)[C@H](c3ccccn3)C2)c1. The lowest BCUT2D eigenvalue weighted by molar-refractivity contribution is 0.454. The molecule has 7 nitrogen and oxygen atoms in total. The molecule has 0 spiro atoms. The van der Waals surface area contributed by atoms with Crippen molar-refractivity contribution in [1.29, 1.82) is 0 Å². The number of imidazole rings is 1. The van der Waals surface area contributed by atoms with Gasteiger partial charge < -0.3 is 9.88 Å². The third kappa shape index (κ3) is 4.38. The second-order valence-corrected chi connectivity index (χ2v) is 10.0. The van der Waals surface area contributed by atoms with E-state index in [-0.39, 0.29) is 17.0 Å². The van der Waals surface area contributed by atoms with Crippen molar-refractivity contribution in [2.45, 2.75) is 23.5 Å². The van der Waals surface area contributed by atoms with E-state index in [9.17, 15) is 8.42 Å². The molecule has 1 aliphatic rings. The zero-order chi connectivity index (χ0) is 21.3. The van der Waals surface area contributed by atoms with Gasteiger partial charge in [-0.2, -0.15) is 4.31 Å². The van der Waals surface area contributed by atoms with E-state index in [1.807, 2.05) is 24.3 Å². The van der Waals surface area contributed by atoms with Gasteiger partial charge in [-0.1, -0.05) is 35.3 Å². The number of nitrogens with one attached hydrogen (secondary N) is 1. The number of sulfonamides is 1. The van der Waals surface area contributed by atoms with Crippen LogP contribution in [0.15, 0.2) is 60.1 Å². The zero-order valence-electron chi connectivity index (χ0n) is 16.2. The molecule has 1 saturated heterocycles. The number of aryl methyl sites for hydroxylation is 1. The fourth-order valence-corrected chi connectivity index (χ4v) is 5.56. The number of hydrogen-bond donors (Lipinski definition) is 1. The number of halogens is 2. The predicted octanol–water partition coefficient (Wildman–Crippen LogP) is 3.07. The van der Waals surface area contributed by atoms with Crippen LogP contribution in [-0.4, -0.2) is 46.4 Å². The highest BCUT2D eigenvalue weighted by Gasteiger charge is 2.41. The average molecular weight is 466 g/mol. The Morgan fingerprint density at radius 1 is 1.17 bits per heavy atom. The topological polar surface area (TPSA) is 80.1 Å². The van der Waals surface area contributed by atoms with E-state index in [0.717, 1.165) is 11.3 Å². The number of pyridine rings is 1. The summed E-state index contributed by atoms with van der Waals surface area (Å²) in [5, 5.41) is 4.66. The maximum Gasteiger partial charge on any atom is 0.262 e. The van der Waals surface area contributed by atoms with Gasteiger partial charge in [-0.3, -0.25) is 4.98 Å². The van der Waals surface area contributed by atoms with E-state index < -0.39 is 10.0 Å². The smallest absolute Gasteiger partial charge is 0.262 e. The minimum absolute atomic E-state index is 0.0474. The molecular formula is C20H21Cl2N5O2S. The van der Waals surface area contributed by atoms with Crippen LogP contribution >= 0.6 is 23.2 Å². The van der Waals surface area contributed by atoms with Crippen LogP contribution in [0.1, 0.15) is 17.2 Å². The zero-order valence-corrected chi connectivity index (χ0v) is 18.6. The molecule has 0 unspecified atom stereocenters. The van der Waals surface area contributed by atoms with E-state index >= 15 is 0 Å². The Balaban J connectivity index is 1.58. The molecule has 3 heterocycles. The molecule has 3 aromatic rings. The summed E-state index contributed by atoms with van der Waals surface area (Å²) < 4.78 is 29.3. The molecule has 4 rings (SSSR count). The van der Waals surface area contributed by atoms with Gasteiger partial charge in [0.05, 0.1) is 6.33 Å². The van der Waals surface area contributed by atoms with Crippen LogP contribution in [0.25, 0.3) is 0 Å². The normalized spacial score (nSPS) is 20.0. The maximum atomic E-state index is 13.1. The van der Waals surface area contributed by atoms with Crippen molar-refractivity contribution in [3.63, 3.8) is 0 Å². The van der Waals surface area contributed by atoms with Gasteiger partial charge in [-0.25, -0.2) is 13.4 Å². The molecule has 10 heteroatoms. The van der Waals surface area contributed by atoms with Crippen molar-refractivity contribution in [3.8, 4) is 0 Å². The highest BCUT2D eigenvalue weighted by atomic mass is 35.5. The molecule has 158 valence electrons.